The van der Waals surface area contributed by atoms with Crippen LogP contribution in [-0.2, 0) is 5.41 Å². The van der Waals surface area contributed by atoms with Crippen LogP contribution >= 0.6 is 0 Å². The Hall–Kier alpha value is -2.23. The lowest BCUT2D eigenvalue weighted by molar-refractivity contribution is 0.0905. The van der Waals surface area contributed by atoms with E-state index < -0.39 is 11.2 Å². The van der Waals surface area contributed by atoms with Gasteiger partial charge in [0.1, 0.15) is 17.4 Å². The Labute approximate surface area is 122 Å². The van der Waals surface area contributed by atoms with E-state index in [9.17, 15) is 13.6 Å². The van der Waals surface area contributed by atoms with Crippen molar-refractivity contribution in [3.05, 3.63) is 65.2 Å². The summed E-state index contributed by atoms with van der Waals surface area (Å²) in [6.45, 7) is 3.43. The predicted molar refractivity (Wildman–Crippen MR) is 76.7 cm³/mol. The number of Topliss-reactive ketones (excluding diaryl/α,β-unsaturated/α-hetero) is 1. The van der Waals surface area contributed by atoms with Gasteiger partial charge in [-0.05, 0) is 49.7 Å². The highest BCUT2D eigenvalue weighted by molar-refractivity contribution is 6.05. The molecule has 0 atom stereocenters. The molecule has 0 radical (unpaired) electrons. The summed E-state index contributed by atoms with van der Waals surface area (Å²) in [5, 5.41) is 0. The molecule has 0 unspecified atom stereocenters. The van der Waals surface area contributed by atoms with Crippen LogP contribution in [0, 0.1) is 11.6 Å². The maximum absolute atomic E-state index is 13.4. The molecular weight excluding hydrogens is 274 g/mol. The first-order valence-corrected chi connectivity index (χ1v) is 6.50. The first kappa shape index (κ1) is 15.2. The standard InChI is InChI=1S/C17H16F2O2/c1-17(2,11-4-6-12(18)7-5-11)16(20)14-10-13(19)8-9-15(14)21-3/h4-10H,1-3H3. The van der Waals surface area contributed by atoms with Gasteiger partial charge in [-0.2, -0.15) is 0 Å². The Kier molecular flexibility index (Phi) is 4.07. The van der Waals surface area contributed by atoms with Gasteiger partial charge in [-0.25, -0.2) is 8.78 Å². The second-order valence-electron chi connectivity index (χ2n) is 5.31. The molecule has 2 aromatic rings. The van der Waals surface area contributed by atoms with Crippen LogP contribution in [0.4, 0.5) is 8.78 Å². The molecule has 2 nitrogen and oxygen atoms in total. The van der Waals surface area contributed by atoms with Crippen LogP contribution in [0.15, 0.2) is 42.5 Å². The van der Waals surface area contributed by atoms with Crippen molar-refractivity contribution in [1.29, 1.82) is 0 Å². The third kappa shape index (κ3) is 2.94. The van der Waals surface area contributed by atoms with Crippen LogP contribution in [0.3, 0.4) is 0 Å². The molecule has 21 heavy (non-hydrogen) atoms. The molecule has 2 aromatic carbocycles. The minimum atomic E-state index is -0.922. The molecule has 0 saturated carbocycles. The largest absolute Gasteiger partial charge is 0.496 e. The molecular formula is C17H16F2O2. The topological polar surface area (TPSA) is 26.3 Å². The number of hydrogen-bond acceptors (Lipinski definition) is 2. The van der Waals surface area contributed by atoms with Gasteiger partial charge < -0.3 is 4.74 Å². The number of hydrogen-bond donors (Lipinski definition) is 0. The minimum absolute atomic E-state index is 0.173. The summed E-state index contributed by atoms with van der Waals surface area (Å²) in [4.78, 5) is 12.7. The van der Waals surface area contributed by atoms with E-state index >= 15 is 0 Å². The highest BCUT2D eigenvalue weighted by Crippen LogP contribution is 2.32. The summed E-state index contributed by atoms with van der Waals surface area (Å²) in [6, 6.07) is 9.52. The van der Waals surface area contributed by atoms with Gasteiger partial charge in [0.25, 0.3) is 0 Å². The summed E-state index contributed by atoms with van der Waals surface area (Å²) in [5.41, 5.74) is -0.0959. The fourth-order valence-electron chi connectivity index (χ4n) is 2.19. The number of carbonyl (C=O) groups excluding carboxylic acids is 1. The monoisotopic (exact) mass is 290 g/mol. The lowest BCUT2D eigenvalue weighted by atomic mass is 9.78. The lowest BCUT2D eigenvalue weighted by Crippen LogP contribution is -2.29. The van der Waals surface area contributed by atoms with Gasteiger partial charge in [0.05, 0.1) is 18.1 Å². The molecule has 110 valence electrons. The van der Waals surface area contributed by atoms with Gasteiger partial charge in [0, 0.05) is 0 Å². The molecule has 2 rings (SSSR count). The van der Waals surface area contributed by atoms with E-state index in [1.165, 1.54) is 31.4 Å². The van der Waals surface area contributed by atoms with E-state index in [-0.39, 0.29) is 17.2 Å². The zero-order valence-corrected chi connectivity index (χ0v) is 12.1. The Balaban J connectivity index is 2.47. The normalized spacial score (nSPS) is 11.3. The third-order valence-corrected chi connectivity index (χ3v) is 3.54. The van der Waals surface area contributed by atoms with E-state index in [1.807, 2.05) is 0 Å². The van der Waals surface area contributed by atoms with Crippen LogP contribution in [0.25, 0.3) is 0 Å². The molecule has 0 aliphatic rings. The zero-order chi connectivity index (χ0) is 15.6. The quantitative estimate of drug-likeness (QED) is 0.791. The van der Waals surface area contributed by atoms with E-state index in [0.29, 0.717) is 11.3 Å². The number of ether oxygens (including phenoxy) is 1. The molecule has 0 spiro atoms. The SMILES string of the molecule is COc1ccc(F)cc1C(=O)C(C)(C)c1ccc(F)cc1. The maximum Gasteiger partial charge on any atom is 0.176 e. The highest BCUT2D eigenvalue weighted by atomic mass is 19.1. The fraction of sp³-hybridized carbons (Fsp3) is 0.235. The van der Waals surface area contributed by atoms with E-state index in [2.05, 4.69) is 0 Å². The van der Waals surface area contributed by atoms with Gasteiger partial charge in [0.2, 0.25) is 0 Å². The second kappa shape index (κ2) is 5.64. The number of rotatable bonds is 4. The van der Waals surface area contributed by atoms with Gasteiger partial charge in [-0.3, -0.25) is 4.79 Å². The van der Waals surface area contributed by atoms with Gasteiger partial charge in [-0.1, -0.05) is 12.1 Å². The summed E-state index contributed by atoms with van der Waals surface area (Å²) in [5.74, 6) is -0.846. The Morgan fingerprint density at radius 3 is 2.14 bits per heavy atom. The summed E-state index contributed by atoms with van der Waals surface area (Å²) in [6.07, 6.45) is 0. The Morgan fingerprint density at radius 1 is 1.00 bits per heavy atom. The molecule has 0 N–H and O–H groups in total. The van der Waals surface area contributed by atoms with Crippen LogP contribution in [0.2, 0.25) is 0 Å². The first-order valence-electron chi connectivity index (χ1n) is 6.50. The third-order valence-electron chi connectivity index (χ3n) is 3.54. The molecule has 0 fully saturated rings. The van der Waals surface area contributed by atoms with Crippen molar-refractivity contribution in [1.82, 2.24) is 0 Å². The van der Waals surface area contributed by atoms with Crippen molar-refractivity contribution in [3.8, 4) is 5.75 Å². The zero-order valence-electron chi connectivity index (χ0n) is 12.1. The van der Waals surface area contributed by atoms with Crippen LogP contribution in [-0.4, -0.2) is 12.9 Å². The number of ketones is 1. The predicted octanol–water partition coefficient (Wildman–Crippen LogP) is 4.13. The number of halogens is 2. The number of methoxy groups -OCH3 is 1. The van der Waals surface area contributed by atoms with Crippen molar-refractivity contribution in [3.63, 3.8) is 0 Å². The average molecular weight is 290 g/mol. The molecule has 0 aliphatic heterocycles. The second-order valence-corrected chi connectivity index (χ2v) is 5.31. The van der Waals surface area contributed by atoms with Gasteiger partial charge in [-0.15, -0.1) is 0 Å². The molecule has 4 heteroatoms. The van der Waals surface area contributed by atoms with E-state index in [0.717, 1.165) is 6.07 Å². The van der Waals surface area contributed by atoms with Crippen LogP contribution < -0.4 is 4.74 Å². The smallest absolute Gasteiger partial charge is 0.176 e. The van der Waals surface area contributed by atoms with Crippen LogP contribution in [0.5, 0.6) is 5.75 Å². The van der Waals surface area contributed by atoms with Crippen molar-refractivity contribution in [2.45, 2.75) is 19.3 Å². The molecule has 0 amide bonds. The van der Waals surface area contributed by atoms with Gasteiger partial charge in [0.15, 0.2) is 5.78 Å². The molecule has 0 saturated heterocycles. The molecule has 0 heterocycles. The summed E-state index contributed by atoms with van der Waals surface area (Å²) < 4.78 is 31.6. The Morgan fingerprint density at radius 2 is 1.57 bits per heavy atom. The fourth-order valence-corrected chi connectivity index (χ4v) is 2.19. The average Bonchev–Trinajstić information content (AvgIpc) is 2.46. The van der Waals surface area contributed by atoms with Gasteiger partial charge >= 0.3 is 0 Å². The minimum Gasteiger partial charge on any atom is -0.496 e. The van der Waals surface area contributed by atoms with Crippen molar-refractivity contribution in [2.24, 2.45) is 0 Å². The molecule has 0 aromatic heterocycles. The molecule has 0 bridgehead atoms. The summed E-state index contributed by atoms with van der Waals surface area (Å²) in [7, 11) is 1.43. The van der Waals surface area contributed by atoms with E-state index in [1.54, 1.807) is 26.0 Å². The van der Waals surface area contributed by atoms with E-state index in [4.69, 9.17) is 4.74 Å². The number of benzene rings is 2. The highest BCUT2D eigenvalue weighted by Gasteiger charge is 2.32. The summed E-state index contributed by atoms with van der Waals surface area (Å²) >= 11 is 0. The van der Waals surface area contributed by atoms with Crippen LogP contribution in [0.1, 0.15) is 29.8 Å². The lowest BCUT2D eigenvalue weighted by Gasteiger charge is -2.24. The first-order chi connectivity index (χ1) is 9.86. The molecule has 0 aliphatic carbocycles. The maximum atomic E-state index is 13.4. The van der Waals surface area contributed by atoms with Crippen molar-refractivity contribution >= 4 is 5.78 Å². The van der Waals surface area contributed by atoms with Crippen molar-refractivity contribution < 1.29 is 18.3 Å². The van der Waals surface area contributed by atoms with Crippen molar-refractivity contribution in [2.75, 3.05) is 7.11 Å². The number of carbonyl (C=O) groups is 1. The Bertz CT molecular complexity index is 661.